The average molecular weight is 281 g/mol. The molecule has 100 valence electrons. The van der Waals surface area contributed by atoms with E-state index in [0.29, 0.717) is 22.2 Å². The second-order valence-electron chi connectivity index (χ2n) is 3.77. The fraction of sp³-hybridized carbons (Fsp3) is 0.154. The molecule has 3 N–H and O–H groups in total. The molecule has 0 aliphatic heterocycles. The SMILES string of the molecule is COc1ccc(Cl)cc1NC(=O)c1ccc(CN)o1. The number of ether oxygens (including phenoxy) is 1. The summed E-state index contributed by atoms with van der Waals surface area (Å²) in [6.45, 7) is 0.244. The van der Waals surface area contributed by atoms with Gasteiger partial charge >= 0.3 is 0 Å². The van der Waals surface area contributed by atoms with Crippen LogP contribution in [0.1, 0.15) is 16.3 Å². The van der Waals surface area contributed by atoms with Crippen LogP contribution in [0.25, 0.3) is 0 Å². The molecular formula is C13H13ClN2O3. The predicted octanol–water partition coefficient (Wildman–Crippen LogP) is 2.65. The lowest BCUT2D eigenvalue weighted by molar-refractivity contribution is 0.0994. The fourth-order valence-corrected chi connectivity index (χ4v) is 1.74. The molecule has 0 aliphatic carbocycles. The van der Waals surface area contributed by atoms with Crippen molar-refractivity contribution in [3.8, 4) is 5.75 Å². The van der Waals surface area contributed by atoms with Crippen LogP contribution in [-0.4, -0.2) is 13.0 Å². The minimum absolute atomic E-state index is 0.183. The molecule has 6 heteroatoms. The molecule has 0 spiro atoms. The number of anilines is 1. The molecule has 19 heavy (non-hydrogen) atoms. The van der Waals surface area contributed by atoms with Crippen molar-refractivity contribution in [3.63, 3.8) is 0 Å². The number of benzene rings is 1. The Morgan fingerprint density at radius 2 is 2.21 bits per heavy atom. The lowest BCUT2D eigenvalue weighted by atomic mass is 10.3. The number of nitrogens with one attached hydrogen (secondary N) is 1. The van der Waals surface area contributed by atoms with E-state index in [2.05, 4.69) is 5.32 Å². The van der Waals surface area contributed by atoms with E-state index in [0.717, 1.165) is 0 Å². The zero-order chi connectivity index (χ0) is 13.8. The van der Waals surface area contributed by atoms with Gasteiger partial charge in [0, 0.05) is 5.02 Å². The van der Waals surface area contributed by atoms with Crippen molar-refractivity contribution >= 4 is 23.2 Å². The van der Waals surface area contributed by atoms with Gasteiger partial charge in [-0.3, -0.25) is 4.79 Å². The molecule has 1 aromatic heterocycles. The number of carbonyl (C=O) groups excluding carboxylic acids is 1. The fourth-order valence-electron chi connectivity index (χ4n) is 1.57. The first-order valence-electron chi connectivity index (χ1n) is 5.57. The molecule has 1 aromatic carbocycles. The minimum atomic E-state index is -0.389. The third kappa shape index (κ3) is 3.07. The first-order valence-corrected chi connectivity index (χ1v) is 5.95. The summed E-state index contributed by atoms with van der Waals surface area (Å²) in [5, 5.41) is 3.17. The molecule has 0 bridgehead atoms. The highest BCUT2D eigenvalue weighted by molar-refractivity contribution is 6.31. The summed E-state index contributed by atoms with van der Waals surface area (Å²) < 4.78 is 10.4. The summed E-state index contributed by atoms with van der Waals surface area (Å²) in [5.41, 5.74) is 5.90. The number of methoxy groups -OCH3 is 1. The summed E-state index contributed by atoms with van der Waals surface area (Å²) >= 11 is 5.88. The van der Waals surface area contributed by atoms with Crippen LogP contribution in [0, 0.1) is 0 Å². The number of carbonyl (C=O) groups is 1. The van der Waals surface area contributed by atoms with Gasteiger partial charge in [0.2, 0.25) is 0 Å². The quantitative estimate of drug-likeness (QED) is 0.902. The molecule has 0 radical (unpaired) electrons. The Morgan fingerprint density at radius 3 is 2.84 bits per heavy atom. The third-order valence-electron chi connectivity index (χ3n) is 2.50. The Kier molecular flexibility index (Phi) is 4.09. The Balaban J connectivity index is 2.20. The maximum absolute atomic E-state index is 12.0. The number of nitrogens with two attached hydrogens (primary N) is 1. The first-order chi connectivity index (χ1) is 9.13. The van der Waals surface area contributed by atoms with Crippen molar-refractivity contribution in [3.05, 3.63) is 46.9 Å². The summed E-state index contributed by atoms with van der Waals surface area (Å²) in [6, 6.07) is 8.17. The third-order valence-corrected chi connectivity index (χ3v) is 2.73. The van der Waals surface area contributed by atoms with Crippen LogP contribution in [0.5, 0.6) is 5.75 Å². The van der Waals surface area contributed by atoms with Crippen LogP contribution in [0.4, 0.5) is 5.69 Å². The van der Waals surface area contributed by atoms with Crippen LogP contribution >= 0.6 is 11.6 Å². The number of rotatable bonds is 4. The van der Waals surface area contributed by atoms with Gasteiger partial charge in [-0.15, -0.1) is 0 Å². The predicted molar refractivity (Wildman–Crippen MR) is 72.6 cm³/mol. The molecule has 0 atom stereocenters. The normalized spacial score (nSPS) is 10.3. The van der Waals surface area contributed by atoms with Gasteiger partial charge in [-0.1, -0.05) is 11.6 Å². The van der Waals surface area contributed by atoms with Gasteiger partial charge in [-0.25, -0.2) is 0 Å². The zero-order valence-corrected chi connectivity index (χ0v) is 11.0. The summed E-state index contributed by atoms with van der Waals surface area (Å²) in [4.78, 5) is 12.0. The Morgan fingerprint density at radius 1 is 1.42 bits per heavy atom. The smallest absolute Gasteiger partial charge is 0.291 e. The van der Waals surface area contributed by atoms with Crippen LogP contribution < -0.4 is 15.8 Å². The highest BCUT2D eigenvalue weighted by Gasteiger charge is 2.13. The molecule has 0 unspecified atom stereocenters. The largest absolute Gasteiger partial charge is 0.495 e. The number of furan rings is 1. The van der Waals surface area contributed by atoms with E-state index in [-0.39, 0.29) is 18.2 Å². The lowest BCUT2D eigenvalue weighted by Crippen LogP contribution is -2.11. The maximum atomic E-state index is 12.0. The van der Waals surface area contributed by atoms with Gasteiger partial charge in [0.25, 0.3) is 5.91 Å². The topological polar surface area (TPSA) is 77.5 Å². The number of hydrogen-bond acceptors (Lipinski definition) is 4. The zero-order valence-electron chi connectivity index (χ0n) is 10.3. The van der Waals surface area contributed by atoms with Gasteiger partial charge in [0.05, 0.1) is 19.3 Å². The van der Waals surface area contributed by atoms with E-state index in [1.165, 1.54) is 7.11 Å². The summed E-state index contributed by atoms with van der Waals surface area (Å²) in [7, 11) is 1.51. The van der Waals surface area contributed by atoms with E-state index in [4.69, 9.17) is 26.5 Å². The number of halogens is 1. The molecule has 2 rings (SSSR count). The molecular weight excluding hydrogens is 268 g/mol. The summed E-state index contributed by atoms with van der Waals surface area (Å²) in [6.07, 6.45) is 0. The average Bonchev–Trinajstić information content (AvgIpc) is 2.88. The van der Waals surface area contributed by atoms with Crippen molar-refractivity contribution in [1.29, 1.82) is 0 Å². The van der Waals surface area contributed by atoms with Crippen molar-refractivity contribution in [2.24, 2.45) is 5.73 Å². The Labute approximate surface area is 115 Å². The highest BCUT2D eigenvalue weighted by Crippen LogP contribution is 2.28. The van der Waals surface area contributed by atoms with Crippen molar-refractivity contribution in [2.45, 2.75) is 6.54 Å². The molecule has 0 saturated heterocycles. The Bertz CT molecular complexity index is 595. The number of amides is 1. The first kappa shape index (κ1) is 13.5. The van der Waals surface area contributed by atoms with Crippen molar-refractivity contribution < 1.29 is 13.9 Å². The van der Waals surface area contributed by atoms with E-state index in [1.807, 2.05) is 0 Å². The minimum Gasteiger partial charge on any atom is -0.495 e. The monoisotopic (exact) mass is 280 g/mol. The molecule has 0 saturated carbocycles. The maximum Gasteiger partial charge on any atom is 0.291 e. The van der Waals surface area contributed by atoms with Crippen molar-refractivity contribution in [1.82, 2.24) is 0 Å². The molecule has 1 heterocycles. The Hall–Kier alpha value is -1.98. The standard InChI is InChI=1S/C13H13ClN2O3/c1-18-11-4-2-8(14)6-10(11)16-13(17)12-5-3-9(7-15)19-12/h2-6H,7,15H2,1H3,(H,16,17). The molecule has 5 nitrogen and oxygen atoms in total. The van der Waals surface area contributed by atoms with Crippen LogP contribution in [0.15, 0.2) is 34.7 Å². The van der Waals surface area contributed by atoms with Crippen molar-refractivity contribution in [2.75, 3.05) is 12.4 Å². The summed E-state index contributed by atoms with van der Waals surface area (Å²) in [5.74, 6) is 0.856. The lowest BCUT2D eigenvalue weighted by Gasteiger charge is -2.09. The van der Waals surface area contributed by atoms with E-state index in [1.54, 1.807) is 30.3 Å². The van der Waals surface area contributed by atoms with Crippen LogP contribution in [-0.2, 0) is 6.54 Å². The van der Waals surface area contributed by atoms with E-state index < -0.39 is 0 Å². The van der Waals surface area contributed by atoms with Gasteiger partial charge in [-0.05, 0) is 30.3 Å². The second kappa shape index (κ2) is 5.77. The molecule has 1 amide bonds. The van der Waals surface area contributed by atoms with Gasteiger partial charge in [0.1, 0.15) is 11.5 Å². The van der Waals surface area contributed by atoms with Gasteiger partial charge in [-0.2, -0.15) is 0 Å². The highest BCUT2D eigenvalue weighted by atomic mass is 35.5. The van der Waals surface area contributed by atoms with E-state index >= 15 is 0 Å². The molecule has 0 aliphatic rings. The van der Waals surface area contributed by atoms with Crippen LogP contribution in [0.2, 0.25) is 5.02 Å². The number of hydrogen-bond donors (Lipinski definition) is 2. The van der Waals surface area contributed by atoms with E-state index in [9.17, 15) is 4.79 Å². The molecule has 2 aromatic rings. The van der Waals surface area contributed by atoms with Gasteiger partial charge < -0.3 is 20.2 Å². The second-order valence-corrected chi connectivity index (χ2v) is 4.21. The van der Waals surface area contributed by atoms with Gasteiger partial charge in [0.15, 0.2) is 5.76 Å². The van der Waals surface area contributed by atoms with Crippen LogP contribution in [0.3, 0.4) is 0 Å². The molecule has 0 fully saturated rings.